The normalized spacial score (nSPS) is 10.8. The number of rotatable bonds is 5. The molecule has 0 spiro atoms. The van der Waals surface area contributed by atoms with Crippen LogP contribution in [0.1, 0.15) is 21.5 Å². The summed E-state index contributed by atoms with van der Waals surface area (Å²) >= 11 is 0. The van der Waals surface area contributed by atoms with E-state index < -0.39 is 0 Å². The fourth-order valence-electron chi connectivity index (χ4n) is 2.17. The van der Waals surface area contributed by atoms with E-state index in [1.165, 1.54) is 0 Å². The lowest BCUT2D eigenvalue weighted by Gasteiger charge is -2.07. The average Bonchev–Trinajstić information content (AvgIpc) is 2.59. The first-order chi connectivity index (χ1) is 11.1. The molecule has 0 unspecified atom stereocenters. The number of carbonyl (C=O) groups is 1. The van der Waals surface area contributed by atoms with Crippen molar-refractivity contribution in [3.8, 4) is 17.6 Å². The molecule has 4 heteroatoms. The van der Waals surface area contributed by atoms with E-state index in [0.717, 1.165) is 5.56 Å². The second-order valence-electron chi connectivity index (χ2n) is 4.97. The smallest absolute Gasteiger partial charge is 0.203 e. The minimum Gasteiger partial charge on any atom is -0.497 e. The van der Waals surface area contributed by atoms with Crippen LogP contribution in [-0.4, -0.2) is 20.0 Å². The highest BCUT2D eigenvalue weighted by Crippen LogP contribution is 2.24. The summed E-state index contributed by atoms with van der Waals surface area (Å²) in [4.78, 5) is 12.5. The van der Waals surface area contributed by atoms with Crippen molar-refractivity contribution in [2.75, 3.05) is 14.2 Å². The predicted molar refractivity (Wildman–Crippen MR) is 88.6 cm³/mol. The van der Waals surface area contributed by atoms with Crippen molar-refractivity contribution in [1.29, 1.82) is 5.26 Å². The molecular formula is C19H17NO3. The quantitative estimate of drug-likeness (QED) is 0.479. The van der Waals surface area contributed by atoms with Gasteiger partial charge in [-0.05, 0) is 49.4 Å². The Balaban J connectivity index is 2.40. The van der Waals surface area contributed by atoms with Crippen molar-refractivity contribution in [2.24, 2.45) is 0 Å². The molecule has 0 aromatic heterocycles. The van der Waals surface area contributed by atoms with Gasteiger partial charge in [0, 0.05) is 11.1 Å². The third-order valence-electron chi connectivity index (χ3n) is 3.40. The second-order valence-corrected chi connectivity index (χ2v) is 4.97. The summed E-state index contributed by atoms with van der Waals surface area (Å²) < 4.78 is 10.3. The predicted octanol–water partition coefficient (Wildman–Crippen LogP) is 3.80. The van der Waals surface area contributed by atoms with Crippen LogP contribution in [0.15, 0.2) is 48.0 Å². The number of nitriles is 1. The molecule has 0 saturated carbocycles. The first kappa shape index (κ1) is 16.3. The number of benzene rings is 2. The SMILES string of the molecule is COc1ccc(C(=O)/C(C#N)=C/c2cc(C)ccc2OC)cc1. The van der Waals surface area contributed by atoms with Crippen molar-refractivity contribution in [3.05, 3.63) is 64.7 Å². The third-order valence-corrected chi connectivity index (χ3v) is 3.40. The number of carbonyl (C=O) groups excluding carboxylic acids is 1. The molecule has 0 saturated heterocycles. The van der Waals surface area contributed by atoms with Crippen LogP contribution in [0.5, 0.6) is 11.5 Å². The average molecular weight is 307 g/mol. The molecular weight excluding hydrogens is 290 g/mol. The van der Waals surface area contributed by atoms with Gasteiger partial charge in [0.15, 0.2) is 0 Å². The topological polar surface area (TPSA) is 59.3 Å². The summed E-state index contributed by atoms with van der Waals surface area (Å²) in [5.74, 6) is 0.939. The Hall–Kier alpha value is -3.06. The highest BCUT2D eigenvalue weighted by atomic mass is 16.5. The number of ketones is 1. The van der Waals surface area contributed by atoms with Gasteiger partial charge in [0.25, 0.3) is 0 Å². The molecule has 0 N–H and O–H groups in total. The van der Waals surface area contributed by atoms with E-state index in [-0.39, 0.29) is 11.4 Å². The van der Waals surface area contributed by atoms with E-state index in [1.54, 1.807) is 44.6 Å². The fourth-order valence-corrected chi connectivity index (χ4v) is 2.17. The van der Waals surface area contributed by atoms with Crippen LogP contribution in [0.4, 0.5) is 0 Å². The van der Waals surface area contributed by atoms with Crippen LogP contribution >= 0.6 is 0 Å². The highest BCUT2D eigenvalue weighted by Gasteiger charge is 2.13. The Labute approximate surface area is 135 Å². The minimum atomic E-state index is -0.335. The molecule has 0 bridgehead atoms. The summed E-state index contributed by atoms with van der Waals surface area (Å²) in [6.07, 6.45) is 1.55. The Morgan fingerprint density at radius 1 is 1.09 bits per heavy atom. The molecule has 4 nitrogen and oxygen atoms in total. The molecule has 0 amide bonds. The van der Waals surface area contributed by atoms with Crippen molar-refractivity contribution in [3.63, 3.8) is 0 Å². The van der Waals surface area contributed by atoms with Gasteiger partial charge in [0.2, 0.25) is 5.78 Å². The molecule has 2 aromatic rings. The highest BCUT2D eigenvalue weighted by molar-refractivity contribution is 6.14. The van der Waals surface area contributed by atoms with Gasteiger partial charge in [-0.15, -0.1) is 0 Å². The molecule has 0 aliphatic carbocycles. The zero-order valence-corrected chi connectivity index (χ0v) is 13.3. The number of methoxy groups -OCH3 is 2. The van der Waals surface area contributed by atoms with Crippen molar-refractivity contribution >= 4 is 11.9 Å². The van der Waals surface area contributed by atoms with Gasteiger partial charge < -0.3 is 9.47 Å². The molecule has 0 aliphatic rings. The lowest BCUT2D eigenvalue weighted by atomic mass is 10.0. The van der Waals surface area contributed by atoms with Crippen LogP contribution in [0.2, 0.25) is 0 Å². The lowest BCUT2D eigenvalue weighted by Crippen LogP contribution is -2.02. The monoisotopic (exact) mass is 307 g/mol. The van der Waals surface area contributed by atoms with Crippen LogP contribution in [0.25, 0.3) is 6.08 Å². The van der Waals surface area contributed by atoms with Crippen LogP contribution in [0.3, 0.4) is 0 Å². The number of ether oxygens (including phenoxy) is 2. The van der Waals surface area contributed by atoms with E-state index in [0.29, 0.717) is 22.6 Å². The van der Waals surface area contributed by atoms with Crippen LogP contribution in [0, 0.1) is 18.3 Å². The molecule has 0 fully saturated rings. The molecule has 2 rings (SSSR count). The first-order valence-corrected chi connectivity index (χ1v) is 7.04. The molecule has 2 aromatic carbocycles. The Morgan fingerprint density at radius 2 is 1.78 bits per heavy atom. The van der Waals surface area contributed by atoms with Gasteiger partial charge in [-0.1, -0.05) is 11.6 Å². The Bertz CT molecular complexity index is 783. The van der Waals surface area contributed by atoms with E-state index in [9.17, 15) is 10.1 Å². The zero-order valence-electron chi connectivity index (χ0n) is 13.3. The molecule has 23 heavy (non-hydrogen) atoms. The maximum Gasteiger partial charge on any atom is 0.203 e. The minimum absolute atomic E-state index is 0.0547. The van der Waals surface area contributed by atoms with Gasteiger partial charge in [-0.2, -0.15) is 5.26 Å². The number of nitrogens with zero attached hydrogens (tertiary/aromatic N) is 1. The van der Waals surface area contributed by atoms with Crippen LogP contribution in [-0.2, 0) is 0 Å². The molecule has 0 aliphatic heterocycles. The van der Waals surface area contributed by atoms with Crippen molar-refractivity contribution < 1.29 is 14.3 Å². The summed E-state index contributed by atoms with van der Waals surface area (Å²) in [7, 11) is 3.11. The number of hydrogen-bond acceptors (Lipinski definition) is 4. The maximum absolute atomic E-state index is 12.5. The summed E-state index contributed by atoms with van der Waals surface area (Å²) in [5, 5.41) is 9.35. The van der Waals surface area contributed by atoms with Gasteiger partial charge in [-0.3, -0.25) is 4.79 Å². The number of Topliss-reactive ketones (excluding diaryl/α,β-unsaturated/α-hetero) is 1. The van der Waals surface area contributed by atoms with E-state index >= 15 is 0 Å². The zero-order chi connectivity index (χ0) is 16.8. The van der Waals surface area contributed by atoms with Gasteiger partial charge >= 0.3 is 0 Å². The van der Waals surface area contributed by atoms with Gasteiger partial charge in [-0.25, -0.2) is 0 Å². The summed E-state index contributed by atoms with van der Waals surface area (Å²) in [5.41, 5.74) is 2.21. The lowest BCUT2D eigenvalue weighted by molar-refractivity contribution is 0.104. The maximum atomic E-state index is 12.5. The van der Waals surface area contributed by atoms with Crippen molar-refractivity contribution in [1.82, 2.24) is 0 Å². The molecule has 116 valence electrons. The number of hydrogen-bond donors (Lipinski definition) is 0. The van der Waals surface area contributed by atoms with Crippen LogP contribution < -0.4 is 9.47 Å². The van der Waals surface area contributed by atoms with E-state index in [4.69, 9.17) is 9.47 Å². The second kappa shape index (κ2) is 7.28. The summed E-state index contributed by atoms with van der Waals surface area (Å²) in [6, 6.07) is 14.2. The van der Waals surface area contributed by atoms with E-state index in [1.807, 2.05) is 31.2 Å². The van der Waals surface area contributed by atoms with E-state index in [2.05, 4.69) is 0 Å². The largest absolute Gasteiger partial charge is 0.497 e. The molecule has 0 radical (unpaired) electrons. The number of allylic oxidation sites excluding steroid dienone is 1. The molecule has 0 heterocycles. The standard InChI is InChI=1S/C19H17NO3/c1-13-4-9-18(23-3)15(10-13)11-16(12-20)19(21)14-5-7-17(22-2)8-6-14/h4-11H,1-3H3/b16-11+. The Morgan fingerprint density at radius 3 is 2.35 bits per heavy atom. The summed E-state index contributed by atoms with van der Waals surface area (Å²) in [6.45, 7) is 1.94. The first-order valence-electron chi connectivity index (χ1n) is 7.04. The number of aryl methyl sites for hydroxylation is 1. The molecule has 0 atom stereocenters. The van der Waals surface area contributed by atoms with Crippen molar-refractivity contribution in [2.45, 2.75) is 6.92 Å². The fraction of sp³-hybridized carbons (Fsp3) is 0.158. The van der Waals surface area contributed by atoms with Gasteiger partial charge in [0.05, 0.1) is 14.2 Å². The van der Waals surface area contributed by atoms with Gasteiger partial charge in [0.1, 0.15) is 23.1 Å². The Kier molecular flexibility index (Phi) is 5.16. The third kappa shape index (κ3) is 3.78.